The van der Waals surface area contributed by atoms with E-state index in [0.717, 1.165) is 25.0 Å². The van der Waals surface area contributed by atoms with Gasteiger partial charge >= 0.3 is 6.18 Å². The lowest BCUT2D eigenvalue weighted by molar-refractivity contribution is -0.137. The number of benzene rings is 1. The maximum Gasteiger partial charge on any atom is 0.416 e. The number of rotatable bonds is 3. The normalized spacial score (nSPS) is 14.5. The third kappa shape index (κ3) is 2.76. The first-order chi connectivity index (χ1) is 12.0. The van der Waals surface area contributed by atoms with Crippen molar-refractivity contribution in [3.63, 3.8) is 0 Å². The molecule has 3 aromatic rings. The number of oxazole rings is 1. The van der Waals surface area contributed by atoms with Crippen molar-refractivity contribution in [2.24, 2.45) is 0 Å². The van der Waals surface area contributed by atoms with E-state index >= 15 is 0 Å². The van der Waals surface area contributed by atoms with Crippen LogP contribution in [-0.2, 0) is 6.18 Å². The number of hydrogen-bond acceptors (Lipinski definition) is 5. The van der Waals surface area contributed by atoms with Gasteiger partial charge in [-0.25, -0.2) is 4.98 Å². The fraction of sp³-hybridized carbons (Fsp3) is 0.250. The summed E-state index contributed by atoms with van der Waals surface area (Å²) in [4.78, 5) is 4.36. The Bertz CT molecular complexity index is 961. The molecule has 0 radical (unpaired) electrons. The summed E-state index contributed by atoms with van der Waals surface area (Å²) in [6, 6.07) is 6.50. The molecular formula is C16H10F3N5O. The lowest BCUT2D eigenvalue weighted by atomic mass is 10.1. The van der Waals surface area contributed by atoms with Gasteiger partial charge < -0.3 is 4.42 Å². The Morgan fingerprint density at radius 2 is 1.84 bits per heavy atom. The molecule has 4 rings (SSSR count). The standard InChI is InChI=1S/C16H10F3N5O/c17-16(18,19)10-5-3-9(4-6-10)15-21-13(14(25-15)8-1-2-8)12-11(7-20)22-24-23-12/h3-6,8H,1-2H2,(H,22,23,24). The molecule has 1 N–H and O–H groups in total. The average molecular weight is 345 g/mol. The van der Waals surface area contributed by atoms with E-state index in [1.807, 2.05) is 6.07 Å². The molecule has 0 bridgehead atoms. The van der Waals surface area contributed by atoms with Crippen LogP contribution in [0.2, 0.25) is 0 Å². The first kappa shape index (κ1) is 15.4. The summed E-state index contributed by atoms with van der Waals surface area (Å²) in [7, 11) is 0. The largest absolute Gasteiger partial charge is 0.440 e. The monoisotopic (exact) mass is 345 g/mol. The number of H-pyrrole nitrogens is 1. The Kier molecular flexibility index (Phi) is 3.35. The highest BCUT2D eigenvalue weighted by molar-refractivity contribution is 5.67. The molecule has 1 fully saturated rings. The van der Waals surface area contributed by atoms with Crippen molar-refractivity contribution < 1.29 is 17.6 Å². The van der Waals surface area contributed by atoms with E-state index < -0.39 is 11.7 Å². The maximum atomic E-state index is 12.7. The molecule has 9 heteroatoms. The molecule has 1 aliphatic rings. The Morgan fingerprint density at radius 3 is 2.44 bits per heavy atom. The molecule has 25 heavy (non-hydrogen) atoms. The Hall–Kier alpha value is -3.15. The van der Waals surface area contributed by atoms with E-state index in [0.29, 0.717) is 17.0 Å². The first-order valence-corrected chi connectivity index (χ1v) is 7.47. The van der Waals surface area contributed by atoms with Crippen LogP contribution in [0.4, 0.5) is 13.2 Å². The summed E-state index contributed by atoms with van der Waals surface area (Å²) in [5, 5.41) is 19.2. The van der Waals surface area contributed by atoms with Crippen molar-refractivity contribution in [1.29, 1.82) is 5.26 Å². The molecule has 1 aliphatic carbocycles. The topological polar surface area (TPSA) is 91.4 Å². The van der Waals surface area contributed by atoms with E-state index in [4.69, 9.17) is 9.68 Å². The highest BCUT2D eigenvalue weighted by atomic mass is 19.4. The molecule has 0 saturated heterocycles. The third-order valence-electron chi connectivity index (χ3n) is 3.94. The number of alkyl halides is 3. The van der Waals surface area contributed by atoms with Gasteiger partial charge in [0, 0.05) is 11.5 Å². The quantitative estimate of drug-likeness (QED) is 0.777. The zero-order valence-electron chi connectivity index (χ0n) is 12.6. The highest BCUT2D eigenvalue weighted by Crippen LogP contribution is 2.46. The predicted octanol–water partition coefficient (Wildman–Crippen LogP) is 3.89. The van der Waals surface area contributed by atoms with Crippen LogP contribution in [0.15, 0.2) is 28.7 Å². The maximum absolute atomic E-state index is 12.7. The highest BCUT2D eigenvalue weighted by Gasteiger charge is 2.34. The van der Waals surface area contributed by atoms with Crippen LogP contribution in [-0.4, -0.2) is 20.4 Å². The molecule has 6 nitrogen and oxygen atoms in total. The minimum absolute atomic E-state index is 0.0918. The number of aromatic nitrogens is 4. The minimum Gasteiger partial charge on any atom is -0.440 e. The number of nitrogens with one attached hydrogen (secondary N) is 1. The summed E-state index contributed by atoms with van der Waals surface area (Å²) >= 11 is 0. The zero-order valence-corrected chi connectivity index (χ0v) is 12.6. The molecule has 2 aromatic heterocycles. The number of nitriles is 1. The fourth-order valence-corrected chi connectivity index (χ4v) is 2.52. The Balaban J connectivity index is 1.77. The lowest BCUT2D eigenvalue weighted by Crippen LogP contribution is -2.03. The first-order valence-electron chi connectivity index (χ1n) is 7.47. The van der Waals surface area contributed by atoms with Gasteiger partial charge in [-0.3, -0.25) is 0 Å². The van der Waals surface area contributed by atoms with Crippen LogP contribution in [0, 0.1) is 11.3 Å². The molecule has 126 valence electrons. The van der Waals surface area contributed by atoms with Crippen LogP contribution in [0.1, 0.15) is 35.8 Å². The zero-order chi connectivity index (χ0) is 17.6. The van der Waals surface area contributed by atoms with E-state index in [-0.39, 0.29) is 23.2 Å². The van der Waals surface area contributed by atoms with E-state index in [1.54, 1.807) is 0 Å². The van der Waals surface area contributed by atoms with Crippen molar-refractivity contribution in [2.75, 3.05) is 0 Å². The summed E-state index contributed by atoms with van der Waals surface area (Å²) in [5.41, 5.74) is 0.458. The van der Waals surface area contributed by atoms with Gasteiger partial charge in [-0.1, -0.05) is 0 Å². The van der Waals surface area contributed by atoms with Crippen LogP contribution in [0.25, 0.3) is 22.8 Å². The van der Waals surface area contributed by atoms with Gasteiger partial charge in [0.25, 0.3) is 0 Å². The average Bonchev–Trinajstić information content (AvgIpc) is 3.17. The molecule has 0 unspecified atom stereocenters. The summed E-state index contributed by atoms with van der Waals surface area (Å²) in [6.07, 6.45) is -2.55. The molecule has 0 spiro atoms. The summed E-state index contributed by atoms with van der Waals surface area (Å²) in [6.45, 7) is 0. The van der Waals surface area contributed by atoms with Crippen molar-refractivity contribution in [3.05, 3.63) is 41.3 Å². The van der Waals surface area contributed by atoms with Crippen LogP contribution < -0.4 is 0 Å². The Labute approximate surface area is 139 Å². The van der Waals surface area contributed by atoms with Gasteiger partial charge in [-0.2, -0.15) is 28.7 Å². The number of nitrogens with zero attached hydrogens (tertiary/aromatic N) is 4. The lowest BCUT2D eigenvalue weighted by Gasteiger charge is -2.06. The van der Waals surface area contributed by atoms with Gasteiger partial charge in [-0.15, -0.1) is 5.10 Å². The van der Waals surface area contributed by atoms with Crippen molar-refractivity contribution in [2.45, 2.75) is 24.9 Å². The second-order valence-corrected chi connectivity index (χ2v) is 5.71. The van der Waals surface area contributed by atoms with Gasteiger partial charge in [-0.05, 0) is 37.1 Å². The molecule has 0 amide bonds. The second-order valence-electron chi connectivity index (χ2n) is 5.71. The number of hydrogen-bond donors (Lipinski definition) is 1. The molecule has 2 heterocycles. The molecule has 1 aromatic carbocycles. The van der Waals surface area contributed by atoms with Crippen molar-refractivity contribution >= 4 is 0 Å². The second kappa shape index (κ2) is 5.44. The van der Waals surface area contributed by atoms with Gasteiger partial charge in [0.2, 0.25) is 5.89 Å². The Morgan fingerprint density at radius 1 is 1.12 bits per heavy atom. The molecule has 0 atom stereocenters. The summed E-state index contributed by atoms with van der Waals surface area (Å²) < 4.78 is 43.8. The van der Waals surface area contributed by atoms with E-state index in [2.05, 4.69) is 20.4 Å². The minimum atomic E-state index is -4.40. The van der Waals surface area contributed by atoms with Crippen molar-refractivity contribution in [3.8, 4) is 28.9 Å². The van der Waals surface area contributed by atoms with E-state index in [9.17, 15) is 13.2 Å². The molecular weight excluding hydrogens is 335 g/mol. The van der Waals surface area contributed by atoms with Crippen molar-refractivity contribution in [1.82, 2.24) is 20.4 Å². The van der Waals surface area contributed by atoms with Crippen LogP contribution >= 0.6 is 0 Å². The SMILES string of the molecule is N#Cc1n[nH]nc1-c1nc(-c2ccc(C(F)(F)F)cc2)oc1C1CC1. The van der Waals surface area contributed by atoms with E-state index in [1.165, 1.54) is 12.1 Å². The molecule has 1 saturated carbocycles. The fourth-order valence-electron chi connectivity index (χ4n) is 2.52. The van der Waals surface area contributed by atoms with Gasteiger partial charge in [0.15, 0.2) is 11.4 Å². The third-order valence-corrected chi connectivity index (χ3v) is 3.94. The summed E-state index contributed by atoms with van der Waals surface area (Å²) in [5.74, 6) is 0.951. The molecule has 0 aliphatic heterocycles. The van der Waals surface area contributed by atoms with Gasteiger partial charge in [0.05, 0.1) is 5.56 Å². The number of aromatic amines is 1. The number of halogens is 3. The van der Waals surface area contributed by atoms with Gasteiger partial charge in [0.1, 0.15) is 17.5 Å². The van der Waals surface area contributed by atoms with Crippen LogP contribution in [0.3, 0.4) is 0 Å². The predicted molar refractivity (Wildman–Crippen MR) is 79.0 cm³/mol. The van der Waals surface area contributed by atoms with Crippen LogP contribution in [0.5, 0.6) is 0 Å². The smallest absolute Gasteiger partial charge is 0.416 e.